The Labute approximate surface area is 219 Å². The Kier molecular flexibility index (Phi) is 6.82. The van der Waals surface area contributed by atoms with E-state index >= 15 is 0 Å². The average Bonchev–Trinajstić information content (AvgIpc) is 2.91. The molecule has 0 amide bonds. The predicted molar refractivity (Wildman–Crippen MR) is 138 cm³/mol. The number of alkyl halides is 3. The molecule has 1 aromatic carbocycles. The van der Waals surface area contributed by atoms with Crippen molar-refractivity contribution >= 4 is 34.4 Å². The molecule has 1 saturated heterocycles. The van der Waals surface area contributed by atoms with Crippen LogP contribution in [0.15, 0.2) is 58.5 Å². The molecule has 3 aromatic heterocycles. The molecule has 198 valence electrons. The number of fused-ring (bicyclic) bond motifs is 1. The van der Waals surface area contributed by atoms with Gasteiger partial charge < -0.3 is 14.8 Å². The van der Waals surface area contributed by atoms with Crippen molar-refractivity contribution in [2.75, 3.05) is 23.3 Å². The maximum Gasteiger partial charge on any atom is 0.416 e. The van der Waals surface area contributed by atoms with Crippen molar-refractivity contribution in [3.8, 4) is 0 Å². The zero-order valence-corrected chi connectivity index (χ0v) is 21.0. The first-order valence-electron chi connectivity index (χ1n) is 11.9. The van der Waals surface area contributed by atoms with Crippen LogP contribution in [0, 0.1) is 0 Å². The number of nitrogens with zero attached hydrogens (tertiary/aromatic N) is 6. The summed E-state index contributed by atoms with van der Waals surface area (Å²) >= 11 is 6.06. The van der Waals surface area contributed by atoms with E-state index in [9.17, 15) is 22.8 Å². The molecule has 0 saturated carbocycles. The minimum atomic E-state index is -4.37. The average molecular weight is 546 g/mol. The summed E-state index contributed by atoms with van der Waals surface area (Å²) in [5, 5.41) is 3.44. The number of hydrogen-bond acceptors (Lipinski definition) is 7. The van der Waals surface area contributed by atoms with Gasteiger partial charge in [0.2, 0.25) is 5.95 Å². The molecule has 0 aliphatic carbocycles. The second kappa shape index (κ2) is 10.1. The lowest BCUT2D eigenvalue weighted by atomic mass is 10.0. The highest BCUT2D eigenvalue weighted by Gasteiger charge is 2.30. The van der Waals surface area contributed by atoms with E-state index < -0.39 is 22.9 Å². The molecule has 0 unspecified atom stereocenters. The van der Waals surface area contributed by atoms with Crippen molar-refractivity contribution in [1.82, 2.24) is 24.1 Å². The van der Waals surface area contributed by atoms with E-state index in [1.807, 2.05) is 4.90 Å². The molecule has 0 bridgehead atoms. The smallest absolute Gasteiger partial charge is 0.381 e. The zero-order chi connectivity index (χ0) is 27.0. The molecule has 4 heterocycles. The van der Waals surface area contributed by atoms with E-state index in [1.54, 1.807) is 18.5 Å². The van der Waals surface area contributed by atoms with Gasteiger partial charge in [-0.05, 0) is 43.2 Å². The first-order valence-corrected chi connectivity index (χ1v) is 12.2. The summed E-state index contributed by atoms with van der Waals surface area (Å²) in [6, 6.07) is 6.23. The molecule has 1 fully saturated rings. The van der Waals surface area contributed by atoms with Gasteiger partial charge in [-0.3, -0.25) is 14.2 Å². The van der Waals surface area contributed by atoms with Crippen LogP contribution in [0.1, 0.15) is 30.0 Å². The normalized spacial score (nSPS) is 14.7. The molecule has 1 aliphatic rings. The molecule has 38 heavy (non-hydrogen) atoms. The van der Waals surface area contributed by atoms with Crippen LogP contribution in [0.5, 0.6) is 0 Å². The fraction of sp³-hybridized carbons (Fsp3) is 0.320. The second-order valence-corrected chi connectivity index (χ2v) is 9.51. The Bertz CT molecular complexity index is 1580. The van der Waals surface area contributed by atoms with Crippen LogP contribution in [-0.4, -0.2) is 37.2 Å². The summed E-state index contributed by atoms with van der Waals surface area (Å²) in [6.45, 7) is 1.50. The Hall–Kier alpha value is -3.93. The van der Waals surface area contributed by atoms with E-state index in [4.69, 9.17) is 11.6 Å². The molecular formula is C25H23ClF3N7O2. The lowest BCUT2D eigenvalue weighted by Gasteiger charge is -2.33. The van der Waals surface area contributed by atoms with E-state index in [0.29, 0.717) is 60.3 Å². The Morgan fingerprint density at radius 3 is 2.29 bits per heavy atom. The van der Waals surface area contributed by atoms with Crippen LogP contribution in [0.2, 0.25) is 5.02 Å². The van der Waals surface area contributed by atoms with Crippen molar-refractivity contribution in [1.29, 1.82) is 0 Å². The van der Waals surface area contributed by atoms with Crippen molar-refractivity contribution in [3.63, 3.8) is 0 Å². The van der Waals surface area contributed by atoms with Gasteiger partial charge in [-0.25, -0.2) is 15.0 Å². The number of nitrogens with one attached hydrogen (secondary N) is 1. The number of anilines is 2. The van der Waals surface area contributed by atoms with Gasteiger partial charge >= 0.3 is 17.3 Å². The molecule has 13 heteroatoms. The molecule has 4 aromatic rings. The number of hydrogen-bond donors (Lipinski definition) is 1. The van der Waals surface area contributed by atoms with Crippen molar-refractivity contribution < 1.29 is 13.2 Å². The number of piperidine rings is 1. The summed E-state index contributed by atoms with van der Waals surface area (Å²) < 4.78 is 40.9. The molecule has 0 spiro atoms. The van der Waals surface area contributed by atoms with Crippen LogP contribution < -0.4 is 21.3 Å². The SMILES string of the molecule is Cn1c(=O)c(=O)n(C2CCN(c3ncc(CNc4ccc(C(F)(F)F)cc4)cn3)CC2)c2ncc(Cl)cc21. The summed E-state index contributed by atoms with van der Waals surface area (Å²) in [5.41, 5.74) is 0.288. The van der Waals surface area contributed by atoms with Crippen LogP contribution in [0.3, 0.4) is 0 Å². The molecule has 0 radical (unpaired) electrons. The fourth-order valence-electron chi connectivity index (χ4n) is 4.55. The second-order valence-electron chi connectivity index (χ2n) is 9.07. The van der Waals surface area contributed by atoms with Crippen LogP contribution in [-0.2, 0) is 19.8 Å². The Morgan fingerprint density at radius 1 is 1.00 bits per heavy atom. The van der Waals surface area contributed by atoms with Gasteiger partial charge in [-0.15, -0.1) is 0 Å². The highest BCUT2D eigenvalue weighted by Crippen LogP contribution is 2.30. The molecule has 9 nitrogen and oxygen atoms in total. The molecule has 0 atom stereocenters. The van der Waals surface area contributed by atoms with E-state index in [-0.39, 0.29) is 6.04 Å². The van der Waals surface area contributed by atoms with Gasteiger partial charge in [0.15, 0.2) is 5.65 Å². The van der Waals surface area contributed by atoms with Gasteiger partial charge in [0.05, 0.1) is 16.1 Å². The number of rotatable bonds is 5. The topological polar surface area (TPSA) is 97.9 Å². The summed E-state index contributed by atoms with van der Waals surface area (Å²) in [4.78, 5) is 40.6. The third-order valence-corrected chi connectivity index (χ3v) is 6.83. The lowest BCUT2D eigenvalue weighted by Crippen LogP contribution is -2.45. The number of aromatic nitrogens is 5. The third-order valence-electron chi connectivity index (χ3n) is 6.62. The molecule has 1 aliphatic heterocycles. The van der Waals surface area contributed by atoms with E-state index in [0.717, 1.165) is 17.7 Å². The quantitative estimate of drug-likeness (QED) is 0.378. The van der Waals surface area contributed by atoms with Gasteiger partial charge in [0.25, 0.3) is 0 Å². The van der Waals surface area contributed by atoms with Crippen LogP contribution >= 0.6 is 11.6 Å². The van der Waals surface area contributed by atoms with Gasteiger partial charge in [-0.2, -0.15) is 13.2 Å². The highest BCUT2D eigenvalue weighted by molar-refractivity contribution is 6.31. The predicted octanol–water partition coefficient (Wildman–Crippen LogP) is 4.01. The molecule has 1 N–H and O–H groups in total. The van der Waals surface area contributed by atoms with Crippen molar-refractivity contribution in [2.45, 2.75) is 31.6 Å². The van der Waals surface area contributed by atoms with Gasteiger partial charge in [0, 0.05) is 62.6 Å². The van der Waals surface area contributed by atoms with Crippen LogP contribution in [0.25, 0.3) is 11.2 Å². The minimum absolute atomic E-state index is 0.212. The van der Waals surface area contributed by atoms with E-state index in [2.05, 4.69) is 20.3 Å². The summed E-state index contributed by atoms with van der Waals surface area (Å²) in [6.07, 6.45) is 1.60. The number of aryl methyl sites for hydroxylation is 1. The highest BCUT2D eigenvalue weighted by atomic mass is 35.5. The van der Waals surface area contributed by atoms with Crippen molar-refractivity contribution in [2.24, 2.45) is 7.05 Å². The largest absolute Gasteiger partial charge is 0.416 e. The number of benzene rings is 1. The zero-order valence-electron chi connectivity index (χ0n) is 20.2. The summed E-state index contributed by atoms with van der Waals surface area (Å²) in [7, 11) is 1.52. The number of halogens is 4. The Morgan fingerprint density at radius 2 is 1.66 bits per heavy atom. The first kappa shape index (κ1) is 25.7. The Balaban J connectivity index is 1.24. The number of pyridine rings is 1. The van der Waals surface area contributed by atoms with Crippen molar-refractivity contribution in [3.05, 3.63) is 85.8 Å². The third kappa shape index (κ3) is 5.08. The monoisotopic (exact) mass is 545 g/mol. The van der Waals surface area contributed by atoms with E-state index in [1.165, 1.54) is 34.5 Å². The fourth-order valence-corrected chi connectivity index (χ4v) is 4.70. The van der Waals surface area contributed by atoms with Gasteiger partial charge in [0.1, 0.15) is 0 Å². The molecular weight excluding hydrogens is 523 g/mol. The molecule has 5 rings (SSSR count). The lowest BCUT2D eigenvalue weighted by molar-refractivity contribution is -0.137. The maximum atomic E-state index is 12.9. The first-order chi connectivity index (χ1) is 18.1. The van der Waals surface area contributed by atoms with Crippen LogP contribution in [0.4, 0.5) is 24.8 Å². The maximum absolute atomic E-state index is 12.9. The summed E-state index contributed by atoms with van der Waals surface area (Å²) in [5.74, 6) is 0.535. The standard InChI is InChI=1S/C25H23ClF3N7O2/c1-34-20-10-17(26)14-31-21(20)36(23(38)22(34)37)19-6-8-35(9-7-19)24-32-12-15(13-33-24)11-30-18-4-2-16(3-5-18)25(27,28)29/h2-5,10,12-14,19,30H,6-9,11H2,1H3. The minimum Gasteiger partial charge on any atom is -0.381 e. The van der Waals surface area contributed by atoms with Gasteiger partial charge in [-0.1, -0.05) is 11.6 Å².